The highest BCUT2D eigenvalue weighted by molar-refractivity contribution is 5.62. The van der Waals surface area contributed by atoms with Crippen molar-refractivity contribution in [2.75, 3.05) is 0 Å². The van der Waals surface area contributed by atoms with Crippen molar-refractivity contribution in [1.29, 1.82) is 0 Å². The summed E-state index contributed by atoms with van der Waals surface area (Å²) in [5, 5.41) is 9.25. The van der Waals surface area contributed by atoms with Crippen molar-refractivity contribution < 1.29 is 5.11 Å². The number of aromatic nitrogens is 1. The molecular formula is C16H19NO. The molecule has 0 saturated heterocycles. The van der Waals surface area contributed by atoms with Crippen LogP contribution in [-0.2, 0) is 6.42 Å². The summed E-state index contributed by atoms with van der Waals surface area (Å²) in [4.78, 5) is 4.14. The number of aliphatic hydroxyl groups excluding tert-OH is 1. The predicted molar refractivity (Wildman–Crippen MR) is 74.3 cm³/mol. The van der Waals surface area contributed by atoms with Crippen LogP contribution in [0.4, 0.5) is 0 Å². The van der Waals surface area contributed by atoms with Crippen molar-refractivity contribution in [1.82, 2.24) is 4.98 Å². The van der Waals surface area contributed by atoms with Gasteiger partial charge in [0.05, 0.1) is 6.10 Å². The molecule has 0 unspecified atom stereocenters. The van der Waals surface area contributed by atoms with Crippen molar-refractivity contribution in [2.24, 2.45) is 0 Å². The fourth-order valence-corrected chi connectivity index (χ4v) is 2.04. The van der Waals surface area contributed by atoms with Crippen molar-refractivity contribution in [3.05, 3.63) is 54.4 Å². The Morgan fingerprint density at radius 1 is 1.17 bits per heavy atom. The Kier molecular flexibility index (Phi) is 4.48. The van der Waals surface area contributed by atoms with Gasteiger partial charge in [-0.2, -0.15) is 0 Å². The summed E-state index contributed by atoms with van der Waals surface area (Å²) in [6.07, 6.45) is 6.36. The van der Waals surface area contributed by atoms with E-state index in [1.807, 2.05) is 19.2 Å². The molecule has 2 rings (SSSR count). The zero-order valence-electron chi connectivity index (χ0n) is 10.7. The van der Waals surface area contributed by atoms with Gasteiger partial charge in [0.25, 0.3) is 0 Å². The summed E-state index contributed by atoms with van der Waals surface area (Å²) in [5.41, 5.74) is 3.67. The number of aliphatic hydroxyl groups is 1. The first kappa shape index (κ1) is 12.8. The molecular weight excluding hydrogens is 222 g/mol. The minimum absolute atomic E-state index is 0.202. The minimum Gasteiger partial charge on any atom is -0.393 e. The predicted octanol–water partition coefficient (Wildman–Crippen LogP) is 3.45. The summed E-state index contributed by atoms with van der Waals surface area (Å²) in [7, 11) is 0. The molecule has 1 aromatic carbocycles. The normalized spacial score (nSPS) is 12.3. The molecule has 0 bridgehead atoms. The van der Waals surface area contributed by atoms with Crippen LogP contribution in [0.1, 0.15) is 25.3 Å². The summed E-state index contributed by atoms with van der Waals surface area (Å²) in [6.45, 7) is 1.84. The van der Waals surface area contributed by atoms with Gasteiger partial charge in [0.2, 0.25) is 0 Å². The van der Waals surface area contributed by atoms with Crippen LogP contribution in [0.25, 0.3) is 11.1 Å². The zero-order chi connectivity index (χ0) is 12.8. The Hall–Kier alpha value is -1.67. The third kappa shape index (κ3) is 3.67. The molecule has 0 fully saturated rings. The first-order chi connectivity index (χ1) is 8.75. The largest absolute Gasteiger partial charge is 0.393 e. The summed E-state index contributed by atoms with van der Waals surface area (Å²) in [5.74, 6) is 0. The lowest BCUT2D eigenvalue weighted by Crippen LogP contribution is -1.99. The first-order valence-corrected chi connectivity index (χ1v) is 6.43. The lowest BCUT2D eigenvalue weighted by atomic mass is 10.0. The minimum atomic E-state index is -0.202. The maximum atomic E-state index is 9.25. The van der Waals surface area contributed by atoms with E-state index in [1.165, 1.54) is 11.1 Å². The van der Waals surface area contributed by atoms with Crippen LogP contribution < -0.4 is 0 Å². The van der Waals surface area contributed by atoms with E-state index in [9.17, 15) is 5.11 Å². The number of benzene rings is 1. The Balaban J connectivity index is 2.06. The Morgan fingerprint density at radius 2 is 2.00 bits per heavy atom. The van der Waals surface area contributed by atoms with Crippen molar-refractivity contribution >= 4 is 0 Å². The molecule has 2 aromatic rings. The second kappa shape index (κ2) is 6.31. The van der Waals surface area contributed by atoms with Crippen LogP contribution in [0, 0.1) is 0 Å². The third-order valence-corrected chi connectivity index (χ3v) is 3.01. The van der Waals surface area contributed by atoms with E-state index in [2.05, 4.69) is 35.3 Å². The smallest absolute Gasteiger partial charge is 0.0512 e. The van der Waals surface area contributed by atoms with Gasteiger partial charge in [-0.1, -0.05) is 30.3 Å². The molecule has 2 heteroatoms. The van der Waals surface area contributed by atoms with Gasteiger partial charge in [0, 0.05) is 12.4 Å². The number of hydrogen-bond donors (Lipinski definition) is 1. The third-order valence-electron chi connectivity index (χ3n) is 3.01. The van der Waals surface area contributed by atoms with E-state index < -0.39 is 0 Å². The van der Waals surface area contributed by atoms with Crippen molar-refractivity contribution in [2.45, 2.75) is 32.3 Å². The van der Waals surface area contributed by atoms with Gasteiger partial charge in [-0.15, -0.1) is 0 Å². The van der Waals surface area contributed by atoms with E-state index in [4.69, 9.17) is 0 Å². The van der Waals surface area contributed by atoms with Crippen LogP contribution in [0.5, 0.6) is 0 Å². The van der Waals surface area contributed by atoms with Crippen LogP contribution in [0.15, 0.2) is 48.8 Å². The topological polar surface area (TPSA) is 33.1 Å². The Bertz CT molecular complexity index is 479. The maximum Gasteiger partial charge on any atom is 0.0512 e. The summed E-state index contributed by atoms with van der Waals surface area (Å²) >= 11 is 0. The molecule has 1 aromatic heterocycles. The Morgan fingerprint density at radius 3 is 2.72 bits per heavy atom. The van der Waals surface area contributed by atoms with Crippen LogP contribution in [-0.4, -0.2) is 16.2 Å². The molecule has 0 saturated carbocycles. The second-order valence-electron chi connectivity index (χ2n) is 4.68. The molecule has 1 heterocycles. The van der Waals surface area contributed by atoms with Gasteiger partial charge in [0.15, 0.2) is 0 Å². The van der Waals surface area contributed by atoms with Gasteiger partial charge >= 0.3 is 0 Å². The molecule has 2 nitrogen and oxygen atoms in total. The van der Waals surface area contributed by atoms with Crippen molar-refractivity contribution in [3.8, 4) is 11.1 Å². The molecule has 0 radical (unpaired) electrons. The molecule has 0 aliphatic carbocycles. The monoisotopic (exact) mass is 241 g/mol. The molecule has 1 atom stereocenters. The maximum absolute atomic E-state index is 9.25. The van der Waals surface area contributed by atoms with Crippen LogP contribution in [0.3, 0.4) is 0 Å². The van der Waals surface area contributed by atoms with Gasteiger partial charge in [0.1, 0.15) is 0 Å². The standard InChI is InChI=1S/C16H19NO/c1-13(18)5-2-6-14-7-3-8-15(11-14)16-9-4-10-17-12-16/h3-4,7-13,18H,2,5-6H2,1H3/t13-/m0/s1. The highest BCUT2D eigenvalue weighted by Gasteiger charge is 2.01. The first-order valence-electron chi connectivity index (χ1n) is 6.43. The van der Waals surface area contributed by atoms with Crippen LogP contribution in [0.2, 0.25) is 0 Å². The fourth-order valence-electron chi connectivity index (χ4n) is 2.04. The number of hydrogen-bond acceptors (Lipinski definition) is 2. The highest BCUT2D eigenvalue weighted by Crippen LogP contribution is 2.20. The van der Waals surface area contributed by atoms with E-state index in [0.717, 1.165) is 24.8 Å². The molecule has 0 amide bonds. The molecule has 0 spiro atoms. The van der Waals surface area contributed by atoms with E-state index >= 15 is 0 Å². The molecule has 0 aliphatic rings. The van der Waals surface area contributed by atoms with E-state index in [1.54, 1.807) is 6.20 Å². The quantitative estimate of drug-likeness (QED) is 0.869. The SMILES string of the molecule is C[C@H](O)CCCc1cccc(-c2cccnc2)c1. The fraction of sp³-hybridized carbons (Fsp3) is 0.312. The molecule has 94 valence electrons. The van der Waals surface area contributed by atoms with E-state index in [-0.39, 0.29) is 6.10 Å². The lowest BCUT2D eigenvalue weighted by Gasteiger charge is -2.06. The van der Waals surface area contributed by atoms with Gasteiger partial charge in [-0.05, 0) is 48.9 Å². The lowest BCUT2D eigenvalue weighted by molar-refractivity contribution is 0.182. The van der Waals surface area contributed by atoms with E-state index in [0.29, 0.717) is 0 Å². The highest BCUT2D eigenvalue weighted by atomic mass is 16.3. The molecule has 1 N–H and O–H groups in total. The number of rotatable bonds is 5. The number of nitrogens with zero attached hydrogens (tertiary/aromatic N) is 1. The van der Waals surface area contributed by atoms with Crippen molar-refractivity contribution in [3.63, 3.8) is 0 Å². The number of pyridine rings is 1. The zero-order valence-corrected chi connectivity index (χ0v) is 10.7. The van der Waals surface area contributed by atoms with Gasteiger partial charge < -0.3 is 5.11 Å². The average molecular weight is 241 g/mol. The average Bonchev–Trinajstić information content (AvgIpc) is 2.40. The summed E-state index contributed by atoms with van der Waals surface area (Å²) in [6, 6.07) is 12.6. The van der Waals surface area contributed by atoms with Crippen LogP contribution >= 0.6 is 0 Å². The van der Waals surface area contributed by atoms with Gasteiger partial charge in [-0.25, -0.2) is 0 Å². The van der Waals surface area contributed by atoms with Gasteiger partial charge in [-0.3, -0.25) is 4.98 Å². The summed E-state index contributed by atoms with van der Waals surface area (Å²) < 4.78 is 0. The molecule has 18 heavy (non-hydrogen) atoms. The second-order valence-corrected chi connectivity index (χ2v) is 4.68. The molecule has 0 aliphatic heterocycles. The Labute approximate surface area is 108 Å². The number of aryl methyl sites for hydroxylation is 1.